The third-order valence-electron chi connectivity index (χ3n) is 13.2. The zero-order valence-corrected chi connectivity index (χ0v) is 35.3. The molecule has 4 aliphatic rings. The number of hydrogen-bond donors (Lipinski definition) is 7. The van der Waals surface area contributed by atoms with Crippen molar-refractivity contribution in [2.24, 2.45) is 28.6 Å². The maximum absolute atomic E-state index is 14.5. The number of fused-ring (bicyclic) bond motifs is 5. The van der Waals surface area contributed by atoms with Crippen LogP contribution in [0.3, 0.4) is 0 Å². The number of allylic oxidation sites excluding steroid dienone is 1. The second kappa shape index (κ2) is 21.6. The number of ether oxygens (including phenoxy) is 5. The molecule has 5 rings (SSSR count). The number of unbranched alkanes of at least 4 members (excludes halogenated alkanes) is 1. The molecule has 3 fully saturated rings. The van der Waals surface area contributed by atoms with Gasteiger partial charge >= 0.3 is 18.1 Å². The van der Waals surface area contributed by atoms with Crippen LogP contribution in [0.5, 0.6) is 11.5 Å². The number of aliphatic hydroxyl groups is 1. The van der Waals surface area contributed by atoms with Crippen molar-refractivity contribution in [1.82, 2.24) is 16.2 Å². The van der Waals surface area contributed by atoms with E-state index in [9.17, 15) is 29.1 Å². The SMILES string of the molecule is COc1cc(C(=O)OCCCCC(CON(O)O)ON(O)O)ccc1OC(=O)OCC(=O)[C@@]1(OC(=O)CCCON(O)O)CCC2C3CCC4=CC(=O)CC[C@]4(C)[C@H]3[C@@H](O)C[C@@]21C. The average Bonchev–Trinajstić information content (AvgIpc) is 3.51. The number of esters is 2. The van der Waals surface area contributed by atoms with Crippen LogP contribution in [-0.2, 0) is 43.1 Å². The first-order chi connectivity index (χ1) is 29.8. The predicted molar refractivity (Wildman–Crippen MR) is 203 cm³/mol. The van der Waals surface area contributed by atoms with E-state index in [1.165, 1.54) is 25.3 Å². The quantitative estimate of drug-likeness (QED) is 0.0283. The summed E-state index contributed by atoms with van der Waals surface area (Å²) in [5, 5.41) is 63.2. The van der Waals surface area contributed by atoms with Gasteiger partial charge in [-0.05, 0) is 112 Å². The number of carbonyl (C=O) groups is 5. The van der Waals surface area contributed by atoms with E-state index < -0.39 is 81.9 Å². The van der Waals surface area contributed by atoms with Gasteiger partial charge in [0.1, 0.15) is 12.7 Å². The van der Waals surface area contributed by atoms with Crippen molar-refractivity contribution in [3.8, 4) is 11.5 Å². The average molecular weight is 900 g/mol. The second-order valence-electron chi connectivity index (χ2n) is 16.7. The molecule has 0 aromatic heterocycles. The molecule has 0 heterocycles. The van der Waals surface area contributed by atoms with Gasteiger partial charge in [-0.15, -0.1) is 0 Å². The van der Waals surface area contributed by atoms with Crippen molar-refractivity contribution in [1.29, 1.82) is 0 Å². The summed E-state index contributed by atoms with van der Waals surface area (Å²) in [5.41, 5.74) is -2.28. The minimum atomic E-state index is -1.83. The molecule has 1 aromatic rings. The van der Waals surface area contributed by atoms with Gasteiger partial charge in [-0.1, -0.05) is 19.4 Å². The first kappa shape index (κ1) is 49.8. The lowest BCUT2D eigenvalue weighted by atomic mass is 9.45. The summed E-state index contributed by atoms with van der Waals surface area (Å²) < 4.78 is 27.4. The van der Waals surface area contributed by atoms with Crippen LogP contribution in [0.1, 0.15) is 101 Å². The maximum atomic E-state index is 14.5. The van der Waals surface area contributed by atoms with Gasteiger partial charge in [-0.3, -0.25) is 50.5 Å². The highest BCUT2D eigenvalue weighted by Gasteiger charge is 2.70. The molecule has 8 atom stereocenters. The molecule has 352 valence electrons. The highest BCUT2D eigenvalue weighted by molar-refractivity contribution is 5.94. The summed E-state index contributed by atoms with van der Waals surface area (Å²) in [4.78, 5) is 79.7. The van der Waals surface area contributed by atoms with Gasteiger partial charge in [0, 0.05) is 18.3 Å². The number of ketones is 2. The van der Waals surface area contributed by atoms with Gasteiger partial charge in [0.25, 0.3) is 0 Å². The molecule has 0 amide bonds. The molecular weight excluding hydrogens is 842 g/mol. The van der Waals surface area contributed by atoms with Gasteiger partial charge in [-0.25, -0.2) is 19.3 Å². The van der Waals surface area contributed by atoms with E-state index in [4.69, 9.17) is 54.9 Å². The Labute approximate surface area is 361 Å². The van der Waals surface area contributed by atoms with Crippen molar-refractivity contribution in [3.05, 3.63) is 35.4 Å². The number of benzene rings is 1. The third-order valence-corrected chi connectivity index (χ3v) is 13.2. The Kier molecular flexibility index (Phi) is 17.1. The van der Waals surface area contributed by atoms with Crippen molar-refractivity contribution in [3.63, 3.8) is 0 Å². The van der Waals surface area contributed by atoms with Crippen LogP contribution in [0.15, 0.2) is 29.8 Å². The second-order valence-corrected chi connectivity index (χ2v) is 16.7. The van der Waals surface area contributed by atoms with Crippen LogP contribution in [-0.4, -0.2) is 134 Å². The molecule has 3 unspecified atom stereocenters. The number of hydrogen-bond acceptors (Lipinski definition) is 23. The molecule has 0 aliphatic heterocycles. The van der Waals surface area contributed by atoms with Gasteiger partial charge in [0.15, 0.2) is 29.5 Å². The van der Waals surface area contributed by atoms with Gasteiger partial charge in [-0.2, -0.15) is 0 Å². The van der Waals surface area contributed by atoms with E-state index in [0.29, 0.717) is 44.9 Å². The Balaban J connectivity index is 1.23. The van der Waals surface area contributed by atoms with Gasteiger partial charge < -0.3 is 28.8 Å². The minimum Gasteiger partial charge on any atom is -0.493 e. The smallest absolute Gasteiger partial charge is 0.493 e. The summed E-state index contributed by atoms with van der Waals surface area (Å²) >= 11 is 0. The predicted octanol–water partition coefficient (Wildman–Crippen LogP) is 4.08. The lowest BCUT2D eigenvalue weighted by Crippen LogP contribution is -2.63. The van der Waals surface area contributed by atoms with E-state index in [1.54, 1.807) is 6.08 Å². The van der Waals surface area contributed by atoms with Crippen LogP contribution in [0, 0.1) is 28.6 Å². The standard InChI is InChI=1S/C40H57N3O20/c1-38-15-13-26(44)20-25(38)10-11-28-29-14-16-40(39(29,2)21-30(45)35(28)38,62-34(47)8-6-18-59-41(50)51)33(46)23-58-37(49)61-31-12-9-24(19-32(31)56-3)36(48)57-17-5-4-7-27(63-43(54)55)22-60-42(52)53/h9,12,19-20,27-30,35,45,50-55H,4-8,10-11,13-18,21-23H2,1-3H3/t27?,28?,29?,30-,35+,38-,39-,40-/m0/s1. The first-order valence-electron chi connectivity index (χ1n) is 20.7. The molecule has 7 N–H and O–H groups in total. The third kappa shape index (κ3) is 11.7. The first-order valence-corrected chi connectivity index (χ1v) is 20.7. The molecule has 0 radical (unpaired) electrons. The van der Waals surface area contributed by atoms with E-state index in [1.807, 2.05) is 6.92 Å². The van der Waals surface area contributed by atoms with Crippen molar-refractivity contribution in [2.75, 3.05) is 33.5 Å². The number of methoxy groups -OCH3 is 1. The largest absolute Gasteiger partial charge is 0.514 e. The molecule has 0 bridgehead atoms. The fourth-order valence-corrected chi connectivity index (χ4v) is 10.4. The molecule has 0 saturated heterocycles. The molecule has 63 heavy (non-hydrogen) atoms. The lowest BCUT2D eigenvalue weighted by molar-refractivity contribution is -0.527. The Morgan fingerprint density at radius 3 is 2.32 bits per heavy atom. The van der Waals surface area contributed by atoms with Crippen LogP contribution >= 0.6 is 0 Å². The Morgan fingerprint density at radius 2 is 1.62 bits per heavy atom. The van der Waals surface area contributed by atoms with Gasteiger partial charge in [0.2, 0.25) is 5.78 Å². The summed E-state index contributed by atoms with van der Waals surface area (Å²) in [5.74, 6) is -2.88. The van der Waals surface area contributed by atoms with E-state index in [2.05, 4.69) is 21.4 Å². The van der Waals surface area contributed by atoms with E-state index >= 15 is 0 Å². The van der Waals surface area contributed by atoms with E-state index in [0.717, 1.165) is 5.57 Å². The molecule has 23 nitrogen and oxygen atoms in total. The summed E-state index contributed by atoms with van der Waals surface area (Å²) in [6.45, 7) is 2.26. The highest BCUT2D eigenvalue weighted by Crippen LogP contribution is 2.68. The molecular formula is C40H57N3O20. The van der Waals surface area contributed by atoms with Crippen LogP contribution in [0.4, 0.5) is 4.79 Å². The fraction of sp³-hybridized carbons (Fsp3) is 0.675. The Hall–Kier alpha value is -4.21. The number of carbonyl (C=O) groups excluding carboxylic acids is 5. The molecule has 23 heteroatoms. The highest BCUT2D eigenvalue weighted by atomic mass is 17.1. The fourth-order valence-electron chi connectivity index (χ4n) is 10.4. The van der Waals surface area contributed by atoms with E-state index in [-0.39, 0.29) is 85.9 Å². The van der Waals surface area contributed by atoms with Crippen molar-refractivity contribution in [2.45, 2.75) is 109 Å². The zero-order valence-electron chi connectivity index (χ0n) is 35.3. The zero-order chi connectivity index (χ0) is 46.1. The van der Waals surface area contributed by atoms with Gasteiger partial charge in [0.05, 0.1) is 48.2 Å². The summed E-state index contributed by atoms with van der Waals surface area (Å²) in [7, 11) is 1.26. The monoisotopic (exact) mass is 899 g/mol. The number of rotatable bonds is 22. The minimum absolute atomic E-state index is 0.00383. The number of nitrogens with zero attached hydrogens (tertiary/aromatic N) is 3. The van der Waals surface area contributed by atoms with Crippen LogP contribution in [0.2, 0.25) is 0 Å². The summed E-state index contributed by atoms with van der Waals surface area (Å²) in [6.07, 6.45) is 1.91. The van der Waals surface area contributed by atoms with Crippen molar-refractivity contribution >= 4 is 29.7 Å². The number of Topliss-reactive ketones (excluding diaryl/α,β-unsaturated/α-hetero) is 1. The topological polar surface area (TPSA) is 311 Å². The molecule has 3 saturated carbocycles. The Morgan fingerprint density at radius 1 is 0.873 bits per heavy atom. The Bertz CT molecular complexity index is 1830. The maximum Gasteiger partial charge on any atom is 0.514 e. The molecule has 4 aliphatic carbocycles. The molecule has 0 spiro atoms. The lowest BCUT2D eigenvalue weighted by Gasteiger charge is -2.60. The molecule has 1 aromatic carbocycles. The van der Waals surface area contributed by atoms with Crippen molar-refractivity contribution < 1.29 is 98.5 Å². The van der Waals surface area contributed by atoms with Crippen LogP contribution < -0.4 is 9.47 Å². The normalized spacial score (nSPS) is 28.1. The summed E-state index contributed by atoms with van der Waals surface area (Å²) in [6, 6.07) is 3.79. The van der Waals surface area contributed by atoms with Crippen LogP contribution in [0.25, 0.3) is 0 Å². The number of aliphatic hydroxyl groups excluding tert-OH is 1.